The van der Waals surface area contributed by atoms with Crippen molar-refractivity contribution < 1.29 is 19.0 Å². The first-order valence-corrected chi connectivity index (χ1v) is 9.96. The molecule has 0 saturated carbocycles. The first-order chi connectivity index (χ1) is 14.1. The van der Waals surface area contributed by atoms with E-state index in [4.69, 9.17) is 13.9 Å². The van der Waals surface area contributed by atoms with E-state index < -0.39 is 5.63 Å². The Morgan fingerprint density at radius 2 is 1.90 bits per heavy atom. The fourth-order valence-corrected chi connectivity index (χ4v) is 3.71. The van der Waals surface area contributed by atoms with E-state index in [1.165, 1.54) is 12.1 Å². The fraction of sp³-hybridized carbons (Fsp3) is 0.348. The molecule has 152 valence electrons. The highest BCUT2D eigenvalue weighted by molar-refractivity contribution is 5.82. The van der Waals surface area contributed by atoms with E-state index >= 15 is 0 Å². The maximum Gasteiger partial charge on any atom is 0.336 e. The Labute approximate surface area is 169 Å². The van der Waals surface area contributed by atoms with Crippen LogP contribution in [-0.2, 0) is 13.0 Å². The molecule has 0 aliphatic carbocycles. The van der Waals surface area contributed by atoms with Crippen LogP contribution in [0.4, 0.5) is 0 Å². The quantitative estimate of drug-likeness (QED) is 0.642. The van der Waals surface area contributed by atoms with Gasteiger partial charge in [0.15, 0.2) is 11.5 Å². The number of aryl methyl sites for hydroxylation is 1. The number of ether oxygens (including phenoxy) is 2. The average molecular weight is 395 g/mol. The van der Waals surface area contributed by atoms with Crippen LogP contribution in [-0.4, -0.2) is 35.8 Å². The molecular weight excluding hydrogens is 370 g/mol. The lowest BCUT2D eigenvalue weighted by atomic mass is 10.0. The number of benzene rings is 2. The minimum atomic E-state index is -0.418. The third-order valence-electron chi connectivity index (χ3n) is 5.28. The molecule has 1 unspecified atom stereocenters. The van der Waals surface area contributed by atoms with Crippen molar-refractivity contribution in [2.75, 3.05) is 19.7 Å². The normalized spacial score (nSPS) is 15.8. The lowest BCUT2D eigenvalue weighted by Crippen LogP contribution is -2.40. The van der Waals surface area contributed by atoms with Gasteiger partial charge >= 0.3 is 5.63 Å². The summed E-state index contributed by atoms with van der Waals surface area (Å²) in [7, 11) is 0. The van der Waals surface area contributed by atoms with Crippen molar-refractivity contribution in [3.05, 3.63) is 64.0 Å². The Kier molecular flexibility index (Phi) is 5.45. The monoisotopic (exact) mass is 395 g/mol. The maximum atomic E-state index is 12.1. The van der Waals surface area contributed by atoms with Crippen molar-refractivity contribution in [3.8, 4) is 17.2 Å². The summed E-state index contributed by atoms with van der Waals surface area (Å²) >= 11 is 0. The summed E-state index contributed by atoms with van der Waals surface area (Å²) in [6.45, 7) is 6.59. The lowest BCUT2D eigenvalue weighted by Gasteiger charge is -2.31. The largest absolute Gasteiger partial charge is 0.508 e. The standard InChI is InChI=1S/C23H25NO5/c1-3-15-9-18-16(10-23(26)29-22(18)11-19(15)25)12-24(4-2)13-17-14-27-20-7-5-6-8-21(20)28-17/h5-11,17,25H,3-4,12-14H2,1-2H3. The summed E-state index contributed by atoms with van der Waals surface area (Å²) in [4.78, 5) is 14.3. The van der Waals surface area contributed by atoms with Crippen LogP contribution >= 0.6 is 0 Å². The first-order valence-electron chi connectivity index (χ1n) is 9.96. The number of likely N-dealkylation sites (N-methyl/N-ethyl adjacent to an activating group) is 1. The molecule has 1 aliphatic heterocycles. The highest BCUT2D eigenvalue weighted by atomic mass is 16.6. The number of hydrogen-bond acceptors (Lipinski definition) is 6. The van der Waals surface area contributed by atoms with Gasteiger partial charge in [-0.3, -0.25) is 4.90 Å². The molecule has 4 rings (SSSR count). The topological polar surface area (TPSA) is 72.1 Å². The van der Waals surface area contributed by atoms with Gasteiger partial charge < -0.3 is 19.0 Å². The Balaban J connectivity index is 1.57. The third-order valence-corrected chi connectivity index (χ3v) is 5.28. The number of nitrogens with zero attached hydrogens (tertiary/aromatic N) is 1. The van der Waals surface area contributed by atoms with Gasteiger partial charge in [-0.1, -0.05) is 26.0 Å². The summed E-state index contributed by atoms with van der Waals surface area (Å²) in [5.74, 6) is 1.68. The van der Waals surface area contributed by atoms with Gasteiger partial charge in [-0.05, 0) is 42.3 Å². The van der Waals surface area contributed by atoms with Crippen LogP contribution in [0.25, 0.3) is 11.0 Å². The van der Waals surface area contributed by atoms with E-state index in [1.807, 2.05) is 37.3 Å². The fourth-order valence-electron chi connectivity index (χ4n) is 3.71. The van der Waals surface area contributed by atoms with Gasteiger partial charge in [0.2, 0.25) is 0 Å². The van der Waals surface area contributed by atoms with Crippen molar-refractivity contribution in [2.45, 2.75) is 32.9 Å². The van der Waals surface area contributed by atoms with E-state index in [2.05, 4.69) is 11.8 Å². The summed E-state index contributed by atoms with van der Waals surface area (Å²) in [5.41, 5.74) is 1.70. The minimum Gasteiger partial charge on any atom is -0.508 e. The van der Waals surface area contributed by atoms with Gasteiger partial charge in [0.25, 0.3) is 0 Å². The van der Waals surface area contributed by atoms with Gasteiger partial charge in [-0.2, -0.15) is 0 Å². The van der Waals surface area contributed by atoms with Gasteiger partial charge in [0, 0.05) is 30.6 Å². The second kappa shape index (κ2) is 8.17. The molecule has 3 aromatic rings. The summed E-state index contributed by atoms with van der Waals surface area (Å²) in [6, 6.07) is 12.6. The molecular formula is C23H25NO5. The van der Waals surface area contributed by atoms with Crippen LogP contribution in [0.1, 0.15) is 25.0 Å². The number of fused-ring (bicyclic) bond motifs is 2. The SMILES string of the molecule is CCc1cc2c(CN(CC)CC3COc4ccccc4O3)cc(=O)oc2cc1O. The predicted molar refractivity (Wildman–Crippen MR) is 111 cm³/mol. The van der Waals surface area contributed by atoms with Gasteiger partial charge in [0.1, 0.15) is 24.0 Å². The van der Waals surface area contributed by atoms with E-state index in [9.17, 15) is 9.90 Å². The van der Waals surface area contributed by atoms with Crippen molar-refractivity contribution in [3.63, 3.8) is 0 Å². The highest BCUT2D eigenvalue weighted by Crippen LogP contribution is 2.31. The molecule has 0 saturated heterocycles. The van der Waals surface area contributed by atoms with Crippen LogP contribution in [0.3, 0.4) is 0 Å². The number of phenolic OH excluding ortho intramolecular Hbond substituents is 1. The highest BCUT2D eigenvalue weighted by Gasteiger charge is 2.23. The Morgan fingerprint density at radius 1 is 1.10 bits per heavy atom. The molecule has 1 N–H and O–H groups in total. The molecule has 0 bridgehead atoms. The third kappa shape index (κ3) is 4.07. The van der Waals surface area contributed by atoms with Crippen molar-refractivity contribution in [2.24, 2.45) is 0 Å². The molecule has 29 heavy (non-hydrogen) atoms. The number of rotatable bonds is 6. The molecule has 0 fully saturated rings. The molecule has 6 heteroatoms. The Bertz CT molecular complexity index is 1070. The van der Waals surface area contributed by atoms with Crippen LogP contribution in [0.2, 0.25) is 0 Å². The molecule has 0 amide bonds. The van der Waals surface area contributed by atoms with Gasteiger partial charge in [-0.25, -0.2) is 4.79 Å². The molecule has 1 atom stereocenters. The van der Waals surface area contributed by atoms with Crippen LogP contribution in [0, 0.1) is 0 Å². The molecule has 0 radical (unpaired) electrons. The van der Waals surface area contributed by atoms with Crippen LogP contribution in [0.15, 0.2) is 51.7 Å². The number of para-hydroxylation sites is 2. The van der Waals surface area contributed by atoms with Gasteiger partial charge in [0.05, 0.1) is 0 Å². The number of phenols is 1. The zero-order chi connectivity index (χ0) is 20.4. The van der Waals surface area contributed by atoms with Gasteiger partial charge in [-0.15, -0.1) is 0 Å². The van der Waals surface area contributed by atoms with Crippen molar-refractivity contribution >= 4 is 11.0 Å². The minimum absolute atomic E-state index is 0.0912. The van der Waals surface area contributed by atoms with E-state index in [1.54, 1.807) is 0 Å². The second-order valence-electron chi connectivity index (χ2n) is 7.25. The first kappa shape index (κ1) is 19.3. The van der Waals surface area contributed by atoms with E-state index in [0.717, 1.165) is 34.6 Å². The van der Waals surface area contributed by atoms with Crippen LogP contribution < -0.4 is 15.1 Å². The molecule has 1 aliphatic rings. The Morgan fingerprint density at radius 3 is 2.66 bits per heavy atom. The summed E-state index contributed by atoms with van der Waals surface area (Å²) in [6.07, 6.45) is 0.608. The number of aromatic hydroxyl groups is 1. The van der Waals surface area contributed by atoms with E-state index in [0.29, 0.717) is 31.7 Å². The summed E-state index contributed by atoms with van der Waals surface area (Å²) in [5, 5.41) is 11.0. The van der Waals surface area contributed by atoms with Crippen molar-refractivity contribution in [1.82, 2.24) is 4.90 Å². The zero-order valence-corrected chi connectivity index (χ0v) is 16.7. The molecule has 2 aromatic carbocycles. The number of hydrogen-bond donors (Lipinski definition) is 1. The maximum absolute atomic E-state index is 12.1. The molecule has 6 nitrogen and oxygen atoms in total. The van der Waals surface area contributed by atoms with Crippen molar-refractivity contribution in [1.29, 1.82) is 0 Å². The Hall–Kier alpha value is -2.99. The van der Waals surface area contributed by atoms with E-state index in [-0.39, 0.29) is 11.9 Å². The second-order valence-corrected chi connectivity index (χ2v) is 7.25. The average Bonchev–Trinajstić information content (AvgIpc) is 2.72. The zero-order valence-electron chi connectivity index (χ0n) is 16.7. The summed E-state index contributed by atoms with van der Waals surface area (Å²) < 4.78 is 17.2. The smallest absolute Gasteiger partial charge is 0.336 e. The molecule has 0 spiro atoms. The predicted octanol–water partition coefficient (Wildman–Crippen LogP) is 3.72. The molecule has 2 heterocycles. The molecule has 1 aromatic heterocycles. The lowest BCUT2D eigenvalue weighted by molar-refractivity contribution is 0.0581. The van der Waals surface area contributed by atoms with Crippen LogP contribution in [0.5, 0.6) is 17.2 Å².